The van der Waals surface area contributed by atoms with Gasteiger partial charge in [-0.05, 0) is 19.1 Å². The van der Waals surface area contributed by atoms with Gasteiger partial charge in [-0.1, -0.05) is 0 Å². The zero-order valence-corrected chi connectivity index (χ0v) is 8.85. The topological polar surface area (TPSA) is 70.5 Å². The Bertz CT molecular complexity index is 405. The third kappa shape index (κ3) is 2.53. The third-order valence-corrected chi connectivity index (χ3v) is 2.21. The van der Waals surface area contributed by atoms with Crippen LogP contribution in [-0.4, -0.2) is 40.0 Å². The normalized spacial score (nSPS) is 11.9. The average molecular weight is 226 g/mol. The maximum Gasteiger partial charge on any atom is 0.326 e. The minimum absolute atomic E-state index is 0.0111. The number of hydrogen-bond donors (Lipinski definition) is 1. The van der Waals surface area contributed by atoms with E-state index in [9.17, 15) is 14.0 Å². The Morgan fingerprint density at radius 1 is 1.50 bits per heavy atom. The van der Waals surface area contributed by atoms with Crippen molar-refractivity contribution >= 4 is 11.9 Å². The molecule has 0 aliphatic heterocycles. The van der Waals surface area contributed by atoms with Gasteiger partial charge >= 0.3 is 5.97 Å². The van der Waals surface area contributed by atoms with Gasteiger partial charge in [0, 0.05) is 7.05 Å². The molecule has 0 fully saturated rings. The first-order chi connectivity index (χ1) is 7.43. The fraction of sp³-hybridized carbons (Fsp3) is 0.300. The Hall–Kier alpha value is -1.98. The molecule has 1 aromatic heterocycles. The van der Waals surface area contributed by atoms with Crippen molar-refractivity contribution in [3.8, 4) is 0 Å². The summed E-state index contributed by atoms with van der Waals surface area (Å²) in [6, 6.07) is 1.35. The number of likely N-dealkylation sites (N-methyl/N-ethyl adjacent to an activating group) is 1. The Labute approximate surface area is 91.5 Å². The SMILES string of the molecule is CC(C(=O)O)N(C)C(=O)c1ccc(F)cn1. The van der Waals surface area contributed by atoms with E-state index >= 15 is 0 Å². The van der Waals surface area contributed by atoms with E-state index in [0.717, 1.165) is 17.2 Å². The number of carboxylic acids is 1. The van der Waals surface area contributed by atoms with Crippen LogP contribution in [0.5, 0.6) is 0 Å². The molecular weight excluding hydrogens is 215 g/mol. The molecule has 86 valence electrons. The minimum atomic E-state index is -1.11. The van der Waals surface area contributed by atoms with E-state index in [0.29, 0.717) is 0 Å². The van der Waals surface area contributed by atoms with E-state index < -0.39 is 23.7 Å². The summed E-state index contributed by atoms with van der Waals surface area (Å²) >= 11 is 0. The molecule has 0 aliphatic carbocycles. The van der Waals surface area contributed by atoms with Crippen LogP contribution in [0, 0.1) is 5.82 Å². The van der Waals surface area contributed by atoms with Crippen LogP contribution in [0.25, 0.3) is 0 Å². The molecule has 5 nitrogen and oxygen atoms in total. The highest BCUT2D eigenvalue weighted by Crippen LogP contribution is 2.05. The molecule has 1 heterocycles. The summed E-state index contributed by atoms with van der Waals surface area (Å²) in [5.74, 6) is -2.22. The molecule has 1 unspecified atom stereocenters. The largest absolute Gasteiger partial charge is 0.480 e. The van der Waals surface area contributed by atoms with Crippen molar-refractivity contribution in [2.45, 2.75) is 13.0 Å². The molecule has 0 aromatic carbocycles. The van der Waals surface area contributed by atoms with Gasteiger partial charge in [0.15, 0.2) is 0 Å². The molecule has 0 saturated carbocycles. The summed E-state index contributed by atoms with van der Waals surface area (Å²) in [5, 5.41) is 8.72. The first-order valence-electron chi connectivity index (χ1n) is 4.55. The molecule has 0 spiro atoms. The van der Waals surface area contributed by atoms with Gasteiger partial charge in [-0.15, -0.1) is 0 Å². The number of amides is 1. The molecule has 0 aliphatic rings. The maximum atomic E-state index is 12.6. The number of nitrogens with zero attached hydrogens (tertiary/aromatic N) is 2. The summed E-state index contributed by atoms with van der Waals surface area (Å²) in [6.07, 6.45) is 0.909. The fourth-order valence-electron chi connectivity index (χ4n) is 1.02. The van der Waals surface area contributed by atoms with Gasteiger partial charge in [0.05, 0.1) is 6.20 Å². The van der Waals surface area contributed by atoms with Crippen molar-refractivity contribution in [1.29, 1.82) is 0 Å². The van der Waals surface area contributed by atoms with Gasteiger partial charge in [-0.25, -0.2) is 14.2 Å². The summed E-state index contributed by atoms with van der Waals surface area (Å²) in [5.41, 5.74) is 0.0111. The van der Waals surface area contributed by atoms with Gasteiger partial charge in [0.2, 0.25) is 0 Å². The lowest BCUT2D eigenvalue weighted by molar-refractivity contribution is -0.141. The summed E-state index contributed by atoms with van der Waals surface area (Å²) < 4.78 is 12.6. The van der Waals surface area contributed by atoms with Crippen LogP contribution in [0.1, 0.15) is 17.4 Å². The van der Waals surface area contributed by atoms with Gasteiger partial charge in [-0.2, -0.15) is 0 Å². The number of hydrogen-bond acceptors (Lipinski definition) is 3. The number of aromatic nitrogens is 1. The van der Waals surface area contributed by atoms with Crippen LogP contribution in [-0.2, 0) is 4.79 Å². The zero-order valence-electron chi connectivity index (χ0n) is 8.85. The first-order valence-corrected chi connectivity index (χ1v) is 4.55. The van der Waals surface area contributed by atoms with Crippen molar-refractivity contribution in [3.63, 3.8) is 0 Å². The lowest BCUT2D eigenvalue weighted by Crippen LogP contribution is -2.40. The van der Waals surface area contributed by atoms with Crippen molar-refractivity contribution < 1.29 is 19.1 Å². The molecular formula is C10H11FN2O3. The maximum absolute atomic E-state index is 12.6. The van der Waals surface area contributed by atoms with E-state index in [1.807, 2.05) is 0 Å². The molecule has 6 heteroatoms. The predicted octanol–water partition coefficient (Wildman–Crippen LogP) is 0.766. The molecule has 16 heavy (non-hydrogen) atoms. The van der Waals surface area contributed by atoms with Crippen molar-refractivity contribution in [2.24, 2.45) is 0 Å². The van der Waals surface area contributed by atoms with E-state index in [1.165, 1.54) is 20.0 Å². The standard InChI is InChI=1S/C10H11FN2O3/c1-6(10(15)16)13(2)9(14)8-4-3-7(11)5-12-8/h3-6H,1-2H3,(H,15,16). The Kier molecular flexibility index (Phi) is 3.55. The highest BCUT2D eigenvalue weighted by Gasteiger charge is 2.23. The Morgan fingerprint density at radius 2 is 2.12 bits per heavy atom. The monoisotopic (exact) mass is 226 g/mol. The van der Waals surface area contributed by atoms with Crippen LogP contribution in [0.2, 0.25) is 0 Å². The number of rotatable bonds is 3. The van der Waals surface area contributed by atoms with Gasteiger partial charge in [-0.3, -0.25) is 4.79 Å². The summed E-state index contributed by atoms with van der Waals surface area (Å²) in [7, 11) is 1.35. The molecule has 0 saturated heterocycles. The second kappa shape index (κ2) is 4.69. The van der Waals surface area contributed by atoms with Crippen LogP contribution in [0.4, 0.5) is 4.39 Å². The van der Waals surface area contributed by atoms with Crippen LogP contribution >= 0.6 is 0 Å². The zero-order chi connectivity index (χ0) is 12.3. The van der Waals surface area contributed by atoms with Gasteiger partial charge in [0.25, 0.3) is 5.91 Å². The summed E-state index contributed by atoms with van der Waals surface area (Å²) in [4.78, 5) is 26.9. The van der Waals surface area contributed by atoms with Crippen LogP contribution in [0.15, 0.2) is 18.3 Å². The Morgan fingerprint density at radius 3 is 2.56 bits per heavy atom. The number of aliphatic carboxylic acids is 1. The lowest BCUT2D eigenvalue weighted by Gasteiger charge is -2.20. The van der Waals surface area contributed by atoms with Crippen molar-refractivity contribution in [2.75, 3.05) is 7.05 Å². The molecule has 1 atom stereocenters. The third-order valence-electron chi connectivity index (χ3n) is 2.21. The second-order valence-corrected chi connectivity index (χ2v) is 3.29. The number of carboxylic acid groups (broad SMARTS) is 1. The quantitative estimate of drug-likeness (QED) is 0.826. The highest BCUT2D eigenvalue weighted by molar-refractivity contribution is 5.94. The number of carbonyl (C=O) groups is 2. The smallest absolute Gasteiger partial charge is 0.326 e. The Balaban J connectivity index is 2.86. The van der Waals surface area contributed by atoms with Crippen molar-refractivity contribution in [3.05, 3.63) is 29.8 Å². The fourth-order valence-corrected chi connectivity index (χ4v) is 1.02. The van der Waals surface area contributed by atoms with E-state index in [-0.39, 0.29) is 5.69 Å². The lowest BCUT2D eigenvalue weighted by atomic mass is 10.2. The minimum Gasteiger partial charge on any atom is -0.480 e. The van der Waals surface area contributed by atoms with Crippen molar-refractivity contribution in [1.82, 2.24) is 9.88 Å². The van der Waals surface area contributed by atoms with E-state index in [2.05, 4.69) is 4.98 Å². The molecule has 1 amide bonds. The van der Waals surface area contributed by atoms with E-state index in [4.69, 9.17) is 5.11 Å². The number of carbonyl (C=O) groups excluding carboxylic acids is 1. The van der Waals surface area contributed by atoms with Gasteiger partial charge < -0.3 is 10.0 Å². The second-order valence-electron chi connectivity index (χ2n) is 3.29. The molecule has 1 N–H and O–H groups in total. The molecule has 1 aromatic rings. The molecule has 0 bridgehead atoms. The van der Waals surface area contributed by atoms with Gasteiger partial charge in [0.1, 0.15) is 17.6 Å². The first kappa shape index (κ1) is 12.1. The highest BCUT2D eigenvalue weighted by atomic mass is 19.1. The summed E-state index contributed by atoms with van der Waals surface area (Å²) in [6.45, 7) is 1.38. The predicted molar refractivity (Wildman–Crippen MR) is 53.4 cm³/mol. The number of halogens is 1. The van der Waals surface area contributed by atoms with Crippen LogP contribution < -0.4 is 0 Å². The van der Waals surface area contributed by atoms with Crippen LogP contribution in [0.3, 0.4) is 0 Å². The van der Waals surface area contributed by atoms with E-state index in [1.54, 1.807) is 0 Å². The average Bonchev–Trinajstić information content (AvgIpc) is 2.27. The number of pyridine rings is 1. The molecule has 0 radical (unpaired) electrons. The molecule has 1 rings (SSSR count).